The van der Waals surface area contributed by atoms with E-state index in [1.54, 1.807) is 0 Å². The average Bonchev–Trinajstić information content (AvgIpc) is 1.88. The maximum Gasteiger partial charge on any atom is 0.0431 e. The van der Waals surface area contributed by atoms with Crippen molar-refractivity contribution in [2.24, 2.45) is 5.41 Å². The molecule has 0 fully saturated rings. The zero-order valence-electron chi connectivity index (χ0n) is 7.98. The number of hydrogen-bond donors (Lipinski definition) is 1. The van der Waals surface area contributed by atoms with Gasteiger partial charge >= 0.3 is 0 Å². The summed E-state index contributed by atoms with van der Waals surface area (Å²) in [7, 11) is 0. The normalized spacial score (nSPS) is 11.6. The predicted octanol–water partition coefficient (Wildman–Crippen LogP) is 2.75. The lowest BCUT2D eigenvalue weighted by molar-refractivity contribution is 0.271. The molecule has 0 aromatic rings. The molecule has 1 N–H and O–H groups in total. The van der Waals surface area contributed by atoms with Gasteiger partial charge in [0, 0.05) is 6.61 Å². The molecule has 0 atom stereocenters. The van der Waals surface area contributed by atoms with Crippen molar-refractivity contribution in [1.82, 2.24) is 0 Å². The van der Waals surface area contributed by atoms with Crippen LogP contribution >= 0.6 is 0 Å². The van der Waals surface area contributed by atoms with Gasteiger partial charge in [0.15, 0.2) is 0 Å². The highest BCUT2D eigenvalue weighted by molar-refractivity contribution is 5.02. The van der Waals surface area contributed by atoms with E-state index in [0.29, 0.717) is 6.61 Å². The number of allylic oxidation sites excluding steroid dienone is 1. The quantitative estimate of drug-likeness (QED) is 0.479. The summed E-state index contributed by atoms with van der Waals surface area (Å²) in [6, 6.07) is 0. The van der Waals surface area contributed by atoms with E-state index >= 15 is 0 Å². The molecule has 0 aromatic heterocycles. The van der Waals surface area contributed by atoms with Crippen molar-refractivity contribution in [3.05, 3.63) is 12.2 Å². The van der Waals surface area contributed by atoms with Gasteiger partial charge in [-0.2, -0.15) is 0 Å². The van der Waals surface area contributed by atoms with Gasteiger partial charge in [-0.3, -0.25) is 0 Å². The van der Waals surface area contributed by atoms with Gasteiger partial charge in [-0.05, 0) is 25.2 Å². The summed E-state index contributed by atoms with van der Waals surface area (Å²) in [5.41, 5.74) is 1.48. The molecule has 0 amide bonds. The Balaban J connectivity index is 3.64. The standard InChI is InChI=1S/C10H20O/c1-9(2)10(3,4)7-5-6-8-11/h11H,1,5-8H2,2-4H3. The van der Waals surface area contributed by atoms with Gasteiger partial charge in [0.05, 0.1) is 0 Å². The first-order chi connectivity index (χ1) is 5.00. The van der Waals surface area contributed by atoms with Crippen LogP contribution in [0.4, 0.5) is 0 Å². The van der Waals surface area contributed by atoms with Crippen LogP contribution in [0.1, 0.15) is 40.0 Å². The van der Waals surface area contributed by atoms with E-state index in [-0.39, 0.29) is 5.41 Å². The monoisotopic (exact) mass is 156 g/mol. The van der Waals surface area contributed by atoms with Crippen LogP contribution in [0.15, 0.2) is 12.2 Å². The van der Waals surface area contributed by atoms with E-state index in [1.807, 2.05) is 0 Å². The van der Waals surface area contributed by atoms with E-state index in [0.717, 1.165) is 19.3 Å². The zero-order chi connectivity index (χ0) is 8.91. The van der Waals surface area contributed by atoms with E-state index in [9.17, 15) is 0 Å². The largest absolute Gasteiger partial charge is 0.396 e. The van der Waals surface area contributed by atoms with Crippen LogP contribution in [-0.2, 0) is 0 Å². The Morgan fingerprint density at radius 3 is 2.27 bits per heavy atom. The summed E-state index contributed by atoms with van der Waals surface area (Å²) in [5, 5.41) is 8.58. The van der Waals surface area contributed by atoms with Crippen molar-refractivity contribution < 1.29 is 5.11 Å². The summed E-state index contributed by atoms with van der Waals surface area (Å²) in [6.45, 7) is 10.7. The lowest BCUT2D eigenvalue weighted by atomic mass is 9.81. The van der Waals surface area contributed by atoms with Crippen LogP contribution in [0.2, 0.25) is 0 Å². The Hall–Kier alpha value is -0.300. The fourth-order valence-electron chi connectivity index (χ4n) is 0.892. The Kier molecular flexibility index (Phi) is 4.43. The molecule has 0 unspecified atom stereocenters. The SMILES string of the molecule is C=C(C)C(C)(C)CCCCO. The summed E-state index contributed by atoms with van der Waals surface area (Å²) < 4.78 is 0. The van der Waals surface area contributed by atoms with Crippen LogP contribution in [0, 0.1) is 5.41 Å². The lowest BCUT2D eigenvalue weighted by Crippen LogP contribution is -2.12. The third-order valence-corrected chi connectivity index (χ3v) is 2.37. The molecule has 0 aliphatic heterocycles. The van der Waals surface area contributed by atoms with E-state index in [2.05, 4.69) is 27.4 Å². The lowest BCUT2D eigenvalue weighted by Gasteiger charge is -2.24. The highest BCUT2D eigenvalue weighted by atomic mass is 16.2. The first-order valence-electron chi connectivity index (χ1n) is 4.27. The molecular formula is C10H20O. The fraction of sp³-hybridized carbons (Fsp3) is 0.800. The molecule has 0 spiro atoms. The molecule has 1 nitrogen and oxygen atoms in total. The number of aliphatic hydroxyl groups is 1. The van der Waals surface area contributed by atoms with Crippen molar-refractivity contribution in [2.45, 2.75) is 40.0 Å². The maximum absolute atomic E-state index is 8.58. The number of unbranched alkanes of at least 4 members (excludes halogenated alkanes) is 1. The van der Waals surface area contributed by atoms with Crippen molar-refractivity contribution in [1.29, 1.82) is 0 Å². The van der Waals surface area contributed by atoms with Gasteiger partial charge in [0.25, 0.3) is 0 Å². The molecule has 0 aromatic carbocycles. The molecule has 0 aliphatic rings. The molecule has 0 aliphatic carbocycles. The van der Waals surface area contributed by atoms with Gasteiger partial charge in [-0.15, -0.1) is 0 Å². The van der Waals surface area contributed by atoms with Gasteiger partial charge in [0.2, 0.25) is 0 Å². The van der Waals surface area contributed by atoms with Crippen LogP contribution in [-0.4, -0.2) is 11.7 Å². The van der Waals surface area contributed by atoms with Crippen LogP contribution in [0.25, 0.3) is 0 Å². The highest BCUT2D eigenvalue weighted by Gasteiger charge is 2.17. The van der Waals surface area contributed by atoms with Crippen LogP contribution in [0.3, 0.4) is 0 Å². The maximum atomic E-state index is 8.58. The third kappa shape index (κ3) is 4.20. The van der Waals surface area contributed by atoms with Gasteiger partial charge < -0.3 is 5.11 Å². The Morgan fingerprint density at radius 2 is 1.91 bits per heavy atom. The van der Waals surface area contributed by atoms with Crippen molar-refractivity contribution >= 4 is 0 Å². The first-order valence-corrected chi connectivity index (χ1v) is 4.27. The molecule has 0 rings (SSSR count). The molecule has 0 saturated heterocycles. The van der Waals surface area contributed by atoms with E-state index < -0.39 is 0 Å². The average molecular weight is 156 g/mol. The number of aliphatic hydroxyl groups excluding tert-OH is 1. The van der Waals surface area contributed by atoms with Crippen molar-refractivity contribution in [3.63, 3.8) is 0 Å². The molecule has 0 radical (unpaired) electrons. The van der Waals surface area contributed by atoms with Crippen molar-refractivity contribution in [3.8, 4) is 0 Å². The van der Waals surface area contributed by atoms with Crippen LogP contribution < -0.4 is 0 Å². The second-order valence-electron chi connectivity index (χ2n) is 3.84. The summed E-state index contributed by atoms with van der Waals surface area (Å²) in [4.78, 5) is 0. The minimum Gasteiger partial charge on any atom is -0.396 e. The number of hydrogen-bond acceptors (Lipinski definition) is 1. The Bertz CT molecular complexity index is 125. The molecule has 0 saturated carbocycles. The minimum absolute atomic E-state index is 0.245. The van der Waals surface area contributed by atoms with Crippen molar-refractivity contribution in [2.75, 3.05) is 6.61 Å². The number of rotatable bonds is 5. The Morgan fingerprint density at radius 1 is 1.36 bits per heavy atom. The smallest absolute Gasteiger partial charge is 0.0431 e. The van der Waals surface area contributed by atoms with Gasteiger partial charge in [-0.1, -0.05) is 32.4 Å². The fourth-order valence-corrected chi connectivity index (χ4v) is 0.892. The first kappa shape index (κ1) is 10.7. The third-order valence-electron chi connectivity index (χ3n) is 2.37. The molecular weight excluding hydrogens is 136 g/mol. The predicted molar refractivity (Wildman–Crippen MR) is 49.5 cm³/mol. The second kappa shape index (κ2) is 4.55. The second-order valence-corrected chi connectivity index (χ2v) is 3.84. The topological polar surface area (TPSA) is 20.2 Å². The highest BCUT2D eigenvalue weighted by Crippen LogP contribution is 2.30. The van der Waals surface area contributed by atoms with Gasteiger partial charge in [0.1, 0.15) is 0 Å². The molecule has 11 heavy (non-hydrogen) atoms. The summed E-state index contributed by atoms with van der Waals surface area (Å²) in [5.74, 6) is 0. The molecule has 1 heteroatoms. The molecule has 0 bridgehead atoms. The van der Waals surface area contributed by atoms with E-state index in [4.69, 9.17) is 5.11 Å². The van der Waals surface area contributed by atoms with Crippen LogP contribution in [0.5, 0.6) is 0 Å². The Labute approximate surface area is 70.1 Å². The molecule has 0 heterocycles. The molecule has 66 valence electrons. The van der Waals surface area contributed by atoms with E-state index in [1.165, 1.54) is 5.57 Å². The van der Waals surface area contributed by atoms with Gasteiger partial charge in [-0.25, -0.2) is 0 Å². The zero-order valence-corrected chi connectivity index (χ0v) is 7.98. The minimum atomic E-state index is 0.245. The summed E-state index contributed by atoms with van der Waals surface area (Å²) in [6.07, 6.45) is 3.13. The summed E-state index contributed by atoms with van der Waals surface area (Å²) >= 11 is 0.